The summed E-state index contributed by atoms with van der Waals surface area (Å²) in [5.74, 6) is -0.300. The maximum atomic E-state index is 13.4. The van der Waals surface area contributed by atoms with Crippen molar-refractivity contribution in [1.82, 2.24) is 9.97 Å². The van der Waals surface area contributed by atoms with E-state index in [9.17, 15) is 9.18 Å². The number of nitrogens with one attached hydrogen (secondary N) is 1. The van der Waals surface area contributed by atoms with E-state index in [1.54, 1.807) is 6.07 Å². The van der Waals surface area contributed by atoms with Crippen LogP contribution in [0.25, 0.3) is 0 Å². The molecule has 0 aliphatic rings. The van der Waals surface area contributed by atoms with Gasteiger partial charge in [-0.25, -0.2) is 9.37 Å². The van der Waals surface area contributed by atoms with Crippen molar-refractivity contribution in [3.8, 4) is 0 Å². The fourth-order valence-corrected chi connectivity index (χ4v) is 3.00. The first-order valence-electron chi connectivity index (χ1n) is 6.33. The third-order valence-electron chi connectivity index (χ3n) is 2.92. The quantitative estimate of drug-likeness (QED) is 0.656. The molecule has 2 unspecified atom stereocenters. The Kier molecular flexibility index (Phi) is 4.92. The van der Waals surface area contributed by atoms with Crippen LogP contribution in [0.15, 0.2) is 46.5 Å². The second-order valence-electron chi connectivity index (χ2n) is 4.40. The summed E-state index contributed by atoms with van der Waals surface area (Å²) >= 11 is 1.34. The summed E-state index contributed by atoms with van der Waals surface area (Å²) in [7, 11) is 0. The van der Waals surface area contributed by atoms with Crippen molar-refractivity contribution in [2.24, 2.45) is 5.73 Å². The molecule has 0 spiro atoms. The summed E-state index contributed by atoms with van der Waals surface area (Å²) in [5.41, 5.74) is 6.69. The van der Waals surface area contributed by atoms with Crippen molar-refractivity contribution in [2.75, 3.05) is 0 Å². The third-order valence-corrected chi connectivity index (χ3v) is 4.23. The Labute approximate surface area is 120 Å². The molecule has 0 radical (unpaired) electrons. The minimum Gasteiger partial charge on any atom is -0.326 e. The molecule has 1 aromatic heterocycles. The predicted octanol–water partition coefficient (Wildman–Crippen LogP) is 2.48. The first-order valence-corrected chi connectivity index (χ1v) is 7.21. The van der Waals surface area contributed by atoms with E-state index >= 15 is 0 Å². The van der Waals surface area contributed by atoms with E-state index in [0.29, 0.717) is 5.16 Å². The van der Waals surface area contributed by atoms with Crippen molar-refractivity contribution in [3.63, 3.8) is 0 Å². The lowest BCUT2D eigenvalue weighted by molar-refractivity contribution is 0.609. The lowest BCUT2D eigenvalue weighted by Crippen LogP contribution is -2.26. The highest BCUT2D eigenvalue weighted by Crippen LogP contribution is 2.36. The smallest absolute Gasteiger partial charge is 0.251 e. The topological polar surface area (TPSA) is 71.8 Å². The zero-order valence-corrected chi connectivity index (χ0v) is 11.9. The number of aromatic amines is 1. The molecular formula is C14H16FN3OS. The Morgan fingerprint density at radius 3 is 2.90 bits per heavy atom. The largest absolute Gasteiger partial charge is 0.326 e. The van der Waals surface area contributed by atoms with Crippen molar-refractivity contribution in [3.05, 3.63) is 58.3 Å². The van der Waals surface area contributed by atoms with Crippen LogP contribution in [0.3, 0.4) is 0 Å². The van der Waals surface area contributed by atoms with Crippen LogP contribution in [0.2, 0.25) is 0 Å². The number of nitrogens with two attached hydrogens (primary N) is 1. The average molecular weight is 293 g/mol. The van der Waals surface area contributed by atoms with Crippen molar-refractivity contribution >= 4 is 11.8 Å². The molecule has 0 saturated carbocycles. The van der Waals surface area contributed by atoms with Crippen LogP contribution >= 0.6 is 11.8 Å². The number of hydrogen-bond donors (Lipinski definition) is 2. The number of rotatable bonds is 5. The van der Waals surface area contributed by atoms with E-state index in [1.165, 1.54) is 36.2 Å². The second-order valence-corrected chi connectivity index (χ2v) is 5.54. The number of halogens is 1. The van der Waals surface area contributed by atoms with Crippen LogP contribution in [0, 0.1) is 5.82 Å². The molecule has 20 heavy (non-hydrogen) atoms. The summed E-state index contributed by atoms with van der Waals surface area (Å²) in [4.78, 5) is 18.1. The Morgan fingerprint density at radius 2 is 2.25 bits per heavy atom. The van der Waals surface area contributed by atoms with Gasteiger partial charge in [0.05, 0.1) is 5.25 Å². The Hall–Kier alpha value is -1.66. The van der Waals surface area contributed by atoms with Gasteiger partial charge in [-0.3, -0.25) is 4.79 Å². The van der Waals surface area contributed by atoms with Crippen LogP contribution in [0.1, 0.15) is 24.2 Å². The molecule has 0 aliphatic carbocycles. The molecule has 2 atom stereocenters. The lowest BCUT2D eigenvalue weighted by atomic mass is 10.0. The van der Waals surface area contributed by atoms with Gasteiger partial charge in [0.1, 0.15) is 5.82 Å². The minimum atomic E-state index is -0.300. The van der Waals surface area contributed by atoms with Crippen LogP contribution < -0.4 is 11.3 Å². The summed E-state index contributed by atoms with van der Waals surface area (Å²) < 4.78 is 13.4. The molecule has 2 rings (SSSR count). The molecule has 0 aliphatic heterocycles. The second kappa shape index (κ2) is 6.67. The van der Waals surface area contributed by atoms with Gasteiger partial charge in [-0.2, -0.15) is 0 Å². The fourth-order valence-electron chi connectivity index (χ4n) is 1.83. The van der Waals surface area contributed by atoms with Gasteiger partial charge in [-0.1, -0.05) is 30.8 Å². The number of H-pyrrole nitrogens is 1. The van der Waals surface area contributed by atoms with E-state index in [-0.39, 0.29) is 22.7 Å². The number of hydrogen-bond acceptors (Lipinski definition) is 4. The van der Waals surface area contributed by atoms with Gasteiger partial charge in [-0.15, -0.1) is 0 Å². The molecule has 2 aromatic rings. The fraction of sp³-hybridized carbons (Fsp3) is 0.286. The molecule has 4 nitrogen and oxygen atoms in total. The summed E-state index contributed by atoms with van der Waals surface area (Å²) in [6.45, 7) is 1.97. The molecule has 0 fully saturated rings. The van der Waals surface area contributed by atoms with E-state index in [0.717, 1.165) is 12.0 Å². The number of nitrogens with zero attached hydrogens (tertiary/aromatic N) is 1. The van der Waals surface area contributed by atoms with Gasteiger partial charge >= 0.3 is 0 Å². The molecule has 3 N–H and O–H groups in total. The Morgan fingerprint density at radius 1 is 1.45 bits per heavy atom. The molecular weight excluding hydrogens is 277 g/mol. The van der Waals surface area contributed by atoms with Crippen molar-refractivity contribution in [2.45, 2.75) is 29.8 Å². The normalized spacial score (nSPS) is 13.9. The standard InChI is InChI=1S/C14H16FN3OS/c1-2-11(16)13(9-4-3-5-10(15)8-9)20-14-17-7-6-12(19)18-14/h3-8,11,13H,2,16H2,1H3,(H,17,18,19). The highest BCUT2D eigenvalue weighted by molar-refractivity contribution is 7.99. The van der Waals surface area contributed by atoms with Crippen LogP contribution in [0.4, 0.5) is 4.39 Å². The molecule has 6 heteroatoms. The highest BCUT2D eigenvalue weighted by Gasteiger charge is 2.21. The minimum absolute atomic E-state index is 0.160. The number of thioether (sulfide) groups is 1. The first-order chi connectivity index (χ1) is 9.60. The first kappa shape index (κ1) is 14.7. The van der Waals surface area contributed by atoms with E-state index < -0.39 is 0 Å². The summed E-state index contributed by atoms with van der Waals surface area (Å²) in [6, 6.07) is 7.53. The van der Waals surface area contributed by atoms with Crippen LogP contribution in [-0.2, 0) is 0 Å². The molecule has 1 aromatic carbocycles. The van der Waals surface area contributed by atoms with Crippen molar-refractivity contribution in [1.29, 1.82) is 0 Å². The number of aromatic nitrogens is 2. The molecule has 106 valence electrons. The highest BCUT2D eigenvalue weighted by atomic mass is 32.2. The van der Waals surface area contributed by atoms with E-state index in [2.05, 4.69) is 9.97 Å². The van der Waals surface area contributed by atoms with Crippen LogP contribution in [-0.4, -0.2) is 16.0 Å². The molecule has 0 saturated heterocycles. The maximum Gasteiger partial charge on any atom is 0.251 e. The van der Waals surface area contributed by atoms with Gasteiger partial charge in [0.25, 0.3) is 5.56 Å². The van der Waals surface area contributed by atoms with Gasteiger partial charge in [0.2, 0.25) is 0 Å². The SMILES string of the molecule is CCC(N)C(Sc1nccc(=O)[nH]1)c1cccc(F)c1. The Balaban J connectivity index is 2.31. The average Bonchev–Trinajstić information content (AvgIpc) is 2.44. The summed E-state index contributed by atoms with van der Waals surface area (Å²) in [5, 5.41) is 0.317. The van der Waals surface area contributed by atoms with Gasteiger partial charge < -0.3 is 10.7 Å². The van der Waals surface area contributed by atoms with Gasteiger partial charge in [0.15, 0.2) is 5.16 Å². The van der Waals surface area contributed by atoms with Crippen molar-refractivity contribution < 1.29 is 4.39 Å². The van der Waals surface area contributed by atoms with E-state index in [4.69, 9.17) is 5.73 Å². The molecule has 1 heterocycles. The van der Waals surface area contributed by atoms with E-state index in [1.807, 2.05) is 13.0 Å². The predicted molar refractivity (Wildman–Crippen MR) is 78.1 cm³/mol. The van der Waals surface area contributed by atoms with Gasteiger partial charge in [0, 0.05) is 18.3 Å². The monoisotopic (exact) mass is 293 g/mol. The maximum absolute atomic E-state index is 13.4. The third kappa shape index (κ3) is 3.68. The van der Waals surface area contributed by atoms with Crippen LogP contribution in [0.5, 0.6) is 0 Å². The Bertz CT molecular complexity index is 632. The number of benzene rings is 1. The zero-order valence-electron chi connectivity index (χ0n) is 11.0. The molecule has 0 bridgehead atoms. The summed E-state index contributed by atoms with van der Waals surface area (Å²) in [6.07, 6.45) is 2.19. The lowest BCUT2D eigenvalue weighted by Gasteiger charge is -2.22. The van der Waals surface area contributed by atoms with Gasteiger partial charge in [-0.05, 0) is 24.1 Å². The molecule has 0 amide bonds. The zero-order chi connectivity index (χ0) is 14.5.